The van der Waals surface area contributed by atoms with E-state index in [1.165, 1.54) is 11.1 Å². The molecule has 0 aromatic heterocycles. The van der Waals surface area contributed by atoms with E-state index in [0.717, 1.165) is 65.0 Å². The number of nitrogens with one attached hydrogen (secondary N) is 2. The third-order valence-electron chi connectivity index (χ3n) is 5.29. The molecule has 1 aliphatic rings. The zero-order valence-electron chi connectivity index (χ0n) is 17.5. The second-order valence-electron chi connectivity index (χ2n) is 7.03. The summed E-state index contributed by atoms with van der Waals surface area (Å²) in [6.07, 6.45) is 0. The van der Waals surface area contributed by atoms with Crippen molar-refractivity contribution in [2.45, 2.75) is 39.9 Å². The number of hydrogen-bond donors (Lipinski definition) is 2. The molecule has 6 heteroatoms. The maximum absolute atomic E-state index is 5.46. The molecule has 1 fully saturated rings. The van der Waals surface area contributed by atoms with Gasteiger partial charge in [-0.3, -0.25) is 14.8 Å². The quantitative estimate of drug-likeness (QED) is 0.510. The van der Waals surface area contributed by atoms with Gasteiger partial charge in [-0.2, -0.15) is 0 Å². The number of rotatable bonds is 9. The van der Waals surface area contributed by atoms with Gasteiger partial charge in [-0.05, 0) is 31.1 Å². The lowest BCUT2D eigenvalue weighted by atomic mass is 10.1. The normalized spacial score (nSPS) is 17.1. The summed E-state index contributed by atoms with van der Waals surface area (Å²) in [7, 11) is 1.83. The van der Waals surface area contributed by atoms with E-state index in [4.69, 9.17) is 4.74 Å². The minimum atomic E-state index is 0.479. The van der Waals surface area contributed by atoms with E-state index < -0.39 is 0 Å². The number of benzene rings is 1. The van der Waals surface area contributed by atoms with Gasteiger partial charge in [0.2, 0.25) is 0 Å². The maximum Gasteiger partial charge on any atom is 0.191 e. The molecule has 27 heavy (non-hydrogen) atoms. The predicted octanol–water partition coefficient (Wildman–Crippen LogP) is 1.91. The molecule has 1 aromatic carbocycles. The molecule has 1 heterocycles. The summed E-state index contributed by atoms with van der Waals surface area (Å²) in [4.78, 5) is 9.28. The van der Waals surface area contributed by atoms with Crippen molar-refractivity contribution in [1.29, 1.82) is 0 Å². The van der Waals surface area contributed by atoms with Crippen LogP contribution < -0.4 is 10.6 Å². The minimum Gasteiger partial charge on any atom is -0.379 e. The van der Waals surface area contributed by atoms with Crippen molar-refractivity contribution in [3.63, 3.8) is 0 Å². The summed E-state index contributed by atoms with van der Waals surface area (Å²) >= 11 is 0. The highest BCUT2D eigenvalue weighted by molar-refractivity contribution is 5.79. The molecular formula is C21H37N5O. The van der Waals surface area contributed by atoms with Crippen molar-refractivity contribution in [2.24, 2.45) is 4.99 Å². The Hall–Kier alpha value is -1.63. The van der Waals surface area contributed by atoms with Crippen LogP contribution in [0.15, 0.2) is 29.3 Å². The van der Waals surface area contributed by atoms with Crippen molar-refractivity contribution in [3.8, 4) is 0 Å². The molecule has 0 saturated carbocycles. The van der Waals surface area contributed by atoms with Crippen LogP contribution >= 0.6 is 0 Å². The zero-order valence-corrected chi connectivity index (χ0v) is 17.5. The molecule has 0 bridgehead atoms. The van der Waals surface area contributed by atoms with E-state index >= 15 is 0 Å². The largest absolute Gasteiger partial charge is 0.379 e. The van der Waals surface area contributed by atoms with Crippen molar-refractivity contribution < 1.29 is 4.74 Å². The average Bonchev–Trinajstić information content (AvgIpc) is 2.71. The van der Waals surface area contributed by atoms with Crippen LogP contribution in [0.25, 0.3) is 0 Å². The monoisotopic (exact) mass is 375 g/mol. The number of guanidine groups is 1. The van der Waals surface area contributed by atoms with Gasteiger partial charge in [0.15, 0.2) is 5.96 Å². The van der Waals surface area contributed by atoms with Crippen LogP contribution in [-0.4, -0.2) is 74.8 Å². The SMILES string of the molecule is CCN(CC)C(C)CNC(=NC)NCc1ccccc1CN1CCOCC1. The highest BCUT2D eigenvalue weighted by Crippen LogP contribution is 2.13. The van der Waals surface area contributed by atoms with Crippen molar-refractivity contribution in [1.82, 2.24) is 20.4 Å². The van der Waals surface area contributed by atoms with E-state index in [2.05, 4.69) is 70.5 Å². The molecule has 1 atom stereocenters. The Labute approximate surface area is 165 Å². The van der Waals surface area contributed by atoms with Crippen molar-refractivity contribution in [3.05, 3.63) is 35.4 Å². The first kappa shape index (κ1) is 21.7. The Balaban J connectivity index is 1.86. The van der Waals surface area contributed by atoms with Gasteiger partial charge >= 0.3 is 0 Å². The van der Waals surface area contributed by atoms with Crippen LogP contribution in [-0.2, 0) is 17.8 Å². The third-order valence-corrected chi connectivity index (χ3v) is 5.29. The van der Waals surface area contributed by atoms with Gasteiger partial charge in [-0.25, -0.2) is 0 Å². The number of ether oxygens (including phenoxy) is 1. The van der Waals surface area contributed by atoms with E-state index in [1.807, 2.05) is 7.05 Å². The van der Waals surface area contributed by atoms with Crippen LogP contribution in [0.1, 0.15) is 31.9 Å². The molecule has 6 nitrogen and oxygen atoms in total. The maximum atomic E-state index is 5.46. The fraction of sp³-hybridized carbons (Fsp3) is 0.667. The minimum absolute atomic E-state index is 0.479. The molecular weight excluding hydrogens is 338 g/mol. The van der Waals surface area contributed by atoms with E-state index in [0.29, 0.717) is 6.04 Å². The van der Waals surface area contributed by atoms with Gasteiger partial charge in [0.25, 0.3) is 0 Å². The van der Waals surface area contributed by atoms with Gasteiger partial charge in [-0.15, -0.1) is 0 Å². The summed E-state index contributed by atoms with van der Waals surface area (Å²) in [5.74, 6) is 0.857. The molecule has 152 valence electrons. The zero-order chi connectivity index (χ0) is 19.5. The Morgan fingerprint density at radius 1 is 1.15 bits per heavy atom. The Bertz CT molecular complexity index is 567. The Morgan fingerprint density at radius 3 is 2.44 bits per heavy atom. The second kappa shape index (κ2) is 12.0. The average molecular weight is 376 g/mol. The standard InChI is InChI=1S/C21H37N5O/c1-5-26(6-2)18(3)15-23-21(22-4)24-16-19-9-7-8-10-20(19)17-25-11-13-27-14-12-25/h7-10,18H,5-6,11-17H2,1-4H3,(H2,22,23,24). The number of nitrogens with zero attached hydrogens (tertiary/aromatic N) is 3. The number of likely N-dealkylation sites (N-methyl/N-ethyl adjacent to an activating group) is 1. The highest BCUT2D eigenvalue weighted by atomic mass is 16.5. The van der Waals surface area contributed by atoms with Crippen LogP contribution in [0, 0.1) is 0 Å². The lowest BCUT2D eigenvalue weighted by molar-refractivity contribution is 0.0341. The molecule has 0 radical (unpaired) electrons. The lowest BCUT2D eigenvalue weighted by Gasteiger charge is -2.28. The molecule has 1 aliphatic heterocycles. The number of aliphatic imine (C=N–C) groups is 1. The molecule has 2 rings (SSSR count). The van der Waals surface area contributed by atoms with Crippen molar-refractivity contribution in [2.75, 3.05) is 53.0 Å². The van der Waals surface area contributed by atoms with Crippen LogP contribution in [0.5, 0.6) is 0 Å². The van der Waals surface area contributed by atoms with Gasteiger partial charge in [0.05, 0.1) is 13.2 Å². The van der Waals surface area contributed by atoms with Gasteiger partial charge in [0, 0.05) is 45.8 Å². The third kappa shape index (κ3) is 7.13. The summed E-state index contributed by atoms with van der Waals surface area (Å²) in [6.45, 7) is 15.1. The first-order valence-corrected chi connectivity index (χ1v) is 10.2. The van der Waals surface area contributed by atoms with E-state index in [1.54, 1.807) is 0 Å². The summed E-state index contributed by atoms with van der Waals surface area (Å²) < 4.78 is 5.46. The second-order valence-corrected chi connectivity index (χ2v) is 7.03. The fourth-order valence-corrected chi connectivity index (χ4v) is 3.50. The topological polar surface area (TPSA) is 52.1 Å². The van der Waals surface area contributed by atoms with Crippen LogP contribution in [0.3, 0.4) is 0 Å². The van der Waals surface area contributed by atoms with Gasteiger partial charge in [0.1, 0.15) is 0 Å². The first-order chi connectivity index (χ1) is 13.2. The molecule has 1 saturated heterocycles. The Kier molecular flexibility index (Phi) is 9.59. The molecule has 0 amide bonds. The molecule has 1 unspecified atom stereocenters. The summed E-state index contributed by atoms with van der Waals surface area (Å²) in [6, 6.07) is 9.14. The van der Waals surface area contributed by atoms with E-state index in [9.17, 15) is 0 Å². The van der Waals surface area contributed by atoms with Crippen LogP contribution in [0.2, 0.25) is 0 Å². The molecule has 1 aromatic rings. The smallest absolute Gasteiger partial charge is 0.191 e. The van der Waals surface area contributed by atoms with Crippen molar-refractivity contribution >= 4 is 5.96 Å². The summed E-state index contributed by atoms with van der Waals surface area (Å²) in [5.41, 5.74) is 2.70. The van der Waals surface area contributed by atoms with Gasteiger partial charge in [-0.1, -0.05) is 38.1 Å². The first-order valence-electron chi connectivity index (χ1n) is 10.2. The lowest BCUT2D eigenvalue weighted by Crippen LogP contribution is -2.45. The molecule has 0 spiro atoms. The van der Waals surface area contributed by atoms with E-state index in [-0.39, 0.29) is 0 Å². The molecule has 0 aliphatic carbocycles. The predicted molar refractivity (Wildman–Crippen MR) is 113 cm³/mol. The van der Waals surface area contributed by atoms with Gasteiger partial charge < -0.3 is 15.4 Å². The molecule has 2 N–H and O–H groups in total. The number of hydrogen-bond acceptors (Lipinski definition) is 4. The fourth-order valence-electron chi connectivity index (χ4n) is 3.50. The Morgan fingerprint density at radius 2 is 1.81 bits per heavy atom. The van der Waals surface area contributed by atoms with Crippen LogP contribution in [0.4, 0.5) is 0 Å². The highest BCUT2D eigenvalue weighted by Gasteiger charge is 2.13. The summed E-state index contributed by atoms with van der Waals surface area (Å²) in [5, 5.41) is 6.93. The number of morpholine rings is 1.